The number of nitrogens with one attached hydrogen (secondary N) is 1. The van der Waals surface area contributed by atoms with E-state index in [4.69, 9.17) is 4.74 Å². The minimum atomic E-state index is -0.532. The van der Waals surface area contributed by atoms with Gasteiger partial charge in [-0.1, -0.05) is 0 Å². The monoisotopic (exact) mass is 328 g/mol. The highest BCUT2D eigenvalue weighted by Gasteiger charge is 2.51. The van der Waals surface area contributed by atoms with Gasteiger partial charge in [-0.3, -0.25) is 14.7 Å². The lowest BCUT2D eigenvalue weighted by Gasteiger charge is -2.36. The second-order valence-electron chi connectivity index (χ2n) is 5.80. The summed E-state index contributed by atoms with van der Waals surface area (Å²) in [6, 6.07) is 6.43. The molecule has 3 amide bonds. The lowest BCUT2D eigenvalue weighted by atomic mass is 10.1. The number of carbonyl (C=O) groups excluding carboxylic acids is 2. The van der Waals surface area contributed by atoms with Gasteiger partial charge in [0.1, 0.15) is 11.9 Å². The number of rotatable bonds is 2. The molecule has 1 aromatic carbocycles. The van der Waals surface area contributed by atoms with Crippen molar-refractivity contribution in [2.24, 2.45) is 0 Å². The number of amides is 3. The van der Waals surface area contributed by atoms with Crippen LogP contribution in [-0.4, -0.2) is 58.8 Å². The fourth-order valence-corrected chi connectivity index (χ4v) is 3.25. The lowest BCUT2D eigenvalue weighted by Crippen LogP contribution is -2.60. The van der Waals surface area contributed by atoms with E-state index in [0.29, 0.717) is 11.8 Å². The number of benzene rings is 1. The van der Waals surface area contributed by atoms with E-state index in [-0.39, 0.29) is 5.91 Å². The molecule has 1 fully saturated rings. The zero-order valence-electron chi connectivity index (χ0n) is 13.4. The standard InChI is InChI=1S/C15H16N6O3/c1-19-10-12(22)16-15(23)20(2)13(10)21-11(17-18-14(19)21)8-4-6-9(24-3)7-5-8/h4-7,10,13H,1-3H3,(H,16,22,23). The minimum Gasteiger partial charge on any atom is -0.497 e. The van der Waals surface area contributed by atoms with E-state index < -0.39 is 18.2 Å². The number of likely N-dealkylation sites (N-methyl/N-ethyl adjacent to an activating group) is 2. The van der Waals surface area contributed by atoms with Crippen molar-refractivity contribution >= 4 is 17.9 Å². The predicted octanol–water partition coefficient (Wildman–Crippen LogP) is 0.452. The van der Waals surface area contributed by atoms with Crippen LogP contribution in [0.1, 0.15) is 6.17 Å². The molecule has 9 heteroatoms. The van der Waals surface area contributed by atoms with E-state index in [1.54, 1.807) is 26.1 Å². The van der Waals surface area contributed by atoms with Gasteiger partial charge in [0, 0.05) is 19.7 Å². The number of ether oxygens (including phenoxy) is 1. The first-order valence-corrected chi connectivity index (χ1v) is 7.42. The molecule has 0 spiro atoms. The van der Waals surface area contributed by atoms with Gasteiger partial charge in [-0.15, -0.1) is 10.2 Å². The van der Waals surface area contributed by atoms with E-state index in [2.05, 4.69) is 15.5 Å². The second kappa shape index (κ2) is 4.95. The van der Waals surface area contributed by atoms with Crippen molar-refractivity contribution in [3.8, 4) is 17.1 Å². The normalized spacial score (nSPS) is 22.3. The summed E-state index contributed by atoms with van der Waals surface area (Å²) >= 11 is 0. The molecule has 1 saturated heterocycles. The molecule has 2 atom stereocenters. The first kappa shape index (κ1) is 14.5. The summed E-state index contributed by atoms with van der Waals surface area (Å²) < 4.78 is 6.99. The highest BCUT2D eigenvalue weighted by Crippen LogP contribution is 2.39. The van der Waals surface area contributed by atoms with E-state index in [1.165, 1.54) is 4.90 Å². The maximum absolute atomic E-state index is 12.3. The molecule has 4 rings (SSSR count). The number of urea groups is 1. The van der Waals surface area contributed by atoms with Crippen LogP contribution < -0.4 is 15.0 Å². The maximum atomic E-state index is 12.3. The highest BCUT2D eigenvalue weighted by atomic mass is 16.5. The molecule has 2 unspecified atom stereocenters. The number of methoxy groups -OCH3 is 1. The van der Waals surface area contributed by atoms with Crippen LogP contribution in [0.5, 0.6) is 5.75 Å². The van der Waals surface area contributed by atoms with Gasteiger partial charge in [-0.05, 0) is 24.3 Å². The molecule has 2 aromatic rings. The van der Waals surface area contributed by atoms with Gasteiger partial charge < -0.3 is 14.5 Å². The van der Waals surface area contributed by atoms with Crippen LogP contribution in [0.25, 0.3) is 11.4 Å². The van der Waals surface area contributed by atoms with Crippen LogP contribution >= 0.6 is 0 Å². The fraction of sp³-hybridized carbons (Fsp3) is 0.333. The number of imide groups is 1. The molecule has 3 heterocycles. The average molecular weight is 328 g/mol. The Kier molecular flexibility index (Phi) is 2.99. The zero-order valence-corrected chi connectivity index (χ0v) is 13.4. The van der Waals surface area contributed by atoms with Crippen LogP contribution in [0, 0.1) is 0 Å². The number of fused-ring (bicyclic) bond motifs is 3. The third-order valence-electron chi connectivity index (χ3n) is 4.52. The van der Waals surface area contributed by atoms with Gasteiger partial charge in [-0.25, -0.2) is 4.79 Å². The predicted molar refractivity (Wildman–Crippen MR) is 84.5 cm³/mol. The number of hydrogen-bond donors (Lipinski definition) is 1. The molecule has 24 heavy (non-hydrogen) atoms. The summed E-state index contributed by atoms with van der Waals surface area (Å²) in [6.45, 7) is 0. The van der Waals surface area contributed by atoms with E-state index >= 15 is 0 Å². The lowest BCUT2D eigenvalue weighted by molar-refractivity contribution is -0.124. The van der Waals surface area contributed by atoms with Crippen LogP contribution in [-0.2, 0) is 4.79 Å². The average Bonchev–Trinajstić information content (AvgIpc) is 3.13. The molecule has 0 bridgehead atoms. The van der Waals surface area contributed by atoms with Crippen molar-refractivity contribution in [1.82, 2.24) is 25.0 Å². The maximum Gasteiger partial charge on any atom is 0.325 e. The Balaban J connectivity index is 1.84. The smallest absolute Gasteiger partial charge is 0.325 e. The molecule has 124 valence electrons. The summed E-state index contributed by atoms with van der Waals surface area (Å²) in [7, 11) is 5.02. The molecular weight excluding hydrogens is 312 g/mol. The van der Waals surface area contributed by atoms with Crippen molar-refractivity contribution in [1.29, 1.82) is 0 Å². The van der Waals surface area contributed by atoms with E-state index in [0.717, 1.165) is 11.3 Å². The van der Waals surface area contributed by atoms with E-state index in [1.807, 2.05) is 28.8 Å². The molecular formula is C15H16N6O3. The topological polar surface area (TPSA) is 92.6 Å². The Morgan fingerprint density at radius 3 is 2.46 bits per heavy atom. The van der Waals surface area contributed by atoms with Crippen LogP contribution in [0.4, 0.5) is 10.7 Å². The molecule has 0 saturated carbocycles. The quantitative estimate of drug-likeness (QED) is 0.860. The van der Waals surface area contributed by atoms with Crippen LogP contribution in [0.2, 0.25) is 0 Å². The molecule has 2 aliphatic heterocycles. The molecule has 0 aliphatic carbocycles. The highest BCUT2D eigenvalue weighted by molar-refractivity contribution is 6.02. The van der Waals surface area contributed by atoms with Gasteiger partial charge in [0.05, 0.1) is 7.11 Å². The van der Waals surface area contributed by atoms with Gasteiger partial charge >= 0.3 is 6.03 Å². The summed E-state index contributed by atoms with van der Waals surface area (Å²) in [6.07, 6.45) is -0.488. The Bertz CT molecular complexity index is 830. The van der Waals surface area contributed by atoms with Crippen molar-refractivity contribution < 1.29 is 14.3 Å². The molecule has 0 radical (unpaired) electrons. The summed E-state index contributed by atoms with van der Waals surface area (Å²) in [4.78, 5) is 27.5. The molecule has 2 aliphatic rings. The SMILES string of the molecule is COc1ccc(-c2nnc3n2C2C(C(=O)NC(=O)N2C)N3C)cc1. The minimum absolute atomic E-state index is 0.336. The molecule has 1 N–H and O–H groups in total. The van der Waals surface area contributed by atoms with Gasteiger partial charge in [0.2, 0.25) is 5.95 Å². The summed E-state index contributed by atoms with van der Waals surface area (Å²) in [5.41, 5.74) is 0.829. The molecule has 1 aromatic heterocycles. The second-order valence-corrected chi connectivity index (χ2v) is 5.80. The Morgan fingerprint density at radius 1 is 1.08 bits per heavy atom. The van der Waals surface area contributed by atoms with Gasteiger partial charge in [-0.2, -0.15) is 0 Å². The fourth-order valence-electron chi connectivity index (χ4n) is 3.25. The first-order chi connectivity index (χ1) is 11.5. The molecule has 9 nitrogen and oxygen atoms in total. The Morgan fingerprint density at radius 2 is 1.79 bits per heavy atom. The number of nitrogens with zero attached hydrogens (tertiary/aromatic N) is 5. The summed E-state index contributed by atoms with van der Waals surface area (Å²) in [5, 5.41) is 10.8. The number of anilines is 1. The van der Waals surface area contributed by atoms with Crippen molar-refractivity contribution in [3.63, 3.8) is 0 Å². The van der Waals surface area contributed by atoms with Crippen molar-refractivity contribution in [2.45, 2.75) is 12.2 Å². The Hall–Kier alpha value is -3.10. The van der Waals surface area contributed by atoms with Crippen LogP contribution in [0.3, 0.4) is 0 Å². The first-order valence-electron chi connectivity index (χ1n) is 7.42. The van der Waals surface area contributed by atoms with Crippen molar-refractivity contribution in [3.05, 3.63) is 24.3 Å². The van der Waals surface area contributed by atoms with Crippen LogP contribution in [0.15, 0.2) is 24.3 Å². The Labute approximate surface area is 137 Å². The number of carbonyl (C=O) groups is 2. The largest absolute Gasteiger partial charge is 0.497 e. The van der Waals surface area contributed by atoms with Gasteiger partial charge in [0.15, 0.2) is 11.9 Å². The van der Waals surface area contributed by atoms with E-state index in [9.17, 15) is 9.59 Å². The third kappa shape index (κ3) is 1.81. The van der Waals surface area contributed by atoms with Gasteiger partial charge in [0.25, 0.3) is 5.91 Å². The van der Waals surface area contributed by atoms with Crippen molar-refractivity contribution in [2.75, 3.05) is 26.1 Å². The third-order valence-corrected chi connectivity index (χ3v) is 4.52. The summed E-state index contributed by atoms with van der Waals surface area (Å²) in [5.74, 6) is 1.55. The number of aromatic nitrogens is 3. The zero-order chi connectivity index (χ0) is 17.0. The number of hydrogen-bond acceptors (Lipinski definition) is 6.